The van der Waals surface area contributed by atoms with Crippen LogP contribution in [0.15, 0.2) is 42.5 Å². The van der Waals surface area contributed by atoms with Gasteiger partial charge in [-0.3, -0.25) is 0 Å². The SMILES string of the molecule is COc1ccc(C2(C#N)Cc3ccccc3C2)cc1OC. The number of benzene rings is 2. The number of nitriles is 1. The van der Waals surface area contributed by atoms with Crippen LogP contribution in [0.4, 0.5) is 0 Å². The Morgan fingerprint density at radius 1 is 0.952 bits per heavy atom. The van der Waals surface area contributed by atoms with Crippen LogP contribution in [0.2, 0.25) is 0 Å². The molecule has 0 aromatic heterocycles. The highest BCUT2D eigenvalue weighted by Gasteiger charge is 2.39. The van der Waals surface area contributed by atoms with Crippen molar-refractivity contribution in [3.63, 3.8) is 0 Å². The fourth-order valence-electron chi connectivity index (χ4n) is 3.10. The molecule has 3 rings (SSSR count). The minimum absolute atomic E-state index is 0.511. The molecule has 0 aliphatic heterocycles. The Labute approximate surface area is 124 Å². The zero-order valence-electron chi connectivity index (χ0n) is 12.2. The molecule has 3 nitrogen and oxygen atoms in total. The second kappa shape index (κ2) is 5.14. The number of hydrogen-bond donors (Lipinski definition) is 0. The molecule has 106 valence electrons. The molecule has 1 aliphatic rings. The summed E-state index contributed by atoms with van der Waals surface area (Å²) in [7, 11) is 3.23. The smallest absolute Gasteiger partial charge is 0.161 e. The van der Waals surface area contributed by atoms with Crippen molar-refractivity contribution in [1.82, 2.24) is 0 Å². The van der Waals surface area contributed by atoms with Gasteiger partial charge in [0.1, 0.15) is 0 Å². The zero-order chi connectivity index (χ0) is 14.9. The van der Waals surface area contributed by atoms with Crippen LogP contribution >= 0.6 is 0 Å². The van der Waals surface area contributed by atoms with Crippen molar-refractivity contribution in [2.75, 3.05) is 14.2 Å². The summed E-state index contributed by atoms with van der Waals surface area (Å²) < 4.78 is 10.6. The zero-order valence-corrected chi connectivity index (χ0v) is 12.2. The van der Waals surface area contributed by atoms with Gasteiger partial charge in [0.25, 0.3) is 0 Å². The Kier molecular flexibility index (Phi) is 3.31. The lowest BCUT2D eigenvalue weighted by atomic mass is 9.79. The molecular formula is C18H17NO2. The van der Waals surface area contributed by atoms with Crippen LogP contribution in [-0.4, -0.2) is 14.2 Å². The van der Waals surface area contributed by atoms with E-state index in [9.17, 15) is 5.26 Å². The van der Waals surface area contributed by atoms with Crippen molar-refractivity contribution in [3.8, 4) is 17.6 Å². The maximum Gasteiger partial charge on any atom is 0.161 e. The quantitative estimate of drug-likeness (QED) is 0.866. The lowest BCUT2D eigenvalue weighted by Crippen LogP contribution is -2.24. The Bertz CT molecular complexity index is 690. The molecule has 0 heterocycles. The standard InChI is InChI=1S/C18H17NO2/c1-20-16-8-7-15(9-17(16)21-2)18(12-19)10-13-5-3-4-6-14(13)11-18/h3-9H,10-11H2,1-2H3. The van der Waals surface area contributed by atoms with E-state index in [1.54, 1.807) is 14.2 Å². The van der Waals surface area contributed by atoms with Crippen LogP contribution in [0.1, 0.15) is 16.7 Å². The lowest BCUT2D eigenvalue weighted by Gasteiger charge is -2.22. The van der Waals surface area contributed by atoms with E-state index in [1.807, 2.05) is 30.3 Å². The van der Waals surface area contributed by atoms with Gasteiger partial charge in [-0.1, -0.05) is 30.3 Å². The first-order valence-corrected chi connectivity index (χ1v) is 6.93. The van der Waals surface area contributed by atoms with Crippen LogP contribution in [0, 0.1) is 11.3 Å². The van der Waals surface area contributed by atoms with E-state index in [0.717, 1.165) is 18.4 Å². The monoisotopic (exact) mass is 279 g/mol. The van der Waals surface area contributed by atoms with Crippen molar-refractivity contribution in [2.24, 2.45) is 0 Å². The minimum atomic E-state index is -0.511. The predicted molar refractivity (Wildman–Crippen MR) is 80.7 cm³/mol. The van der Waals surface area contributed by atoms with Crippen LogP contribution < -0.4 is 9.47 Å². The van der Waals surface area contributed by atoms with E-state index >= 15 is 0 Å². The lowest BCUT2D eigenvalue weighted by molar-refractivity contribution is 0.353. The van der Waals surface area contributed by atoms with E-state index in [1.165, 1.54) is 11.1 Å². The van der Waals surface area contributed by atoms with Crippen LogP contribution in [0.5, 0.6) is 11.5 Å². The van der Waals surface area contributed by atoms with Gasteiger partial charge in [0.15, 0.2) is 11.5 Å². The number of ether oxygens (including phenoxy) is 2. The van der Waals surface area contributed by atoms with E-state index in [-0.39, 0.29) is 0 Å². The van der Waals surface area contributed by atoms with Gasteiger partial charge in [0.05, 0.1) is 25.7 Å². The molecule has 0 unspecified atom stereocenters. The minimum Gasteiger partial charge on any atom is -0.493 e. The largest absolute Gasteiger partial charge is 0.493 e. The molecule has 0 spiro atoms. The summed E-state index contributed by atoms with van der Waals surface area (Å²) in [5.74, 6) is 1.35. The molecule has 0 bridgehead atoms. The molecule has 0 N–H and O–H groups in total. The molecule has 0 fully saturated rings. The molecule has 0 atom stereocenters. The molecule has 0 saturated heterocycles. The molecule has 1 aliphatic carbocycles. The van der Waals surface area contributed by atoms with Crippen molar-refractivity contribution in [3.05, 3.63) is 59.2 Å². The van der Waals surface area contributed by atoms with Crippen LogP contribution in [0.3, 0.4) is 0 Å². The second-order valence-corrected chi connectivity index (χ2v) is 5.39. The van der Waals surface area contributed by atoms with Gasteiger partial charge in [-0.05, 0) is 41.7 Å². The topological polar surface area (TPSA) is 42.2 Å². The summed E-state index contributed by atoms with van der Waals surface area (Å²) in [6, 6.07) is 16.6. The third kappa shape index (κ3) is 2.13. The Hall–Kier alpha value is -2.47. The van der Waals surface area contributed by atoms with Gasteiger partial charge in [0, 0.05) is 0 Å². The fraction of sp³-hybridized carbons (Fsp3) is 0.278. The molecular weight excluding hydrogens is 262 g/mol. The Morgan fingerprint density at radius 3 is 2.10 bits per heavy atom. The maximum absolute atomic E-state index is 9.81. The highest BCUT2D eigenvalue weighted by atomic mass is 16.5. The van der Waals surface area contributed by atoms with Crippen molar-refractivity contribution in [2.45, 2.75) is 18.3 Å². The van der Waals surface area contributed by atoms with Gasteiger partial charge < -0.3 is 9.47 Å². The first-order valence-electron chi connectivity index (χ1n) is 6.93. The van der Waals surface area contributed by atoms with Crippen molar-refractivity contribution in [1.29, 1.82) is 5.26 Å². The molecule has 2 aromatic carbocycles. The summed E-state index contributed by atoms with van der Waals surface area (Å²) in [5, 5.41) is 9.81. The highest BCUT2D eigenvalue weighted by Crippen LogP contribution is 2.42. The number of methoxy groups -OCH3 is 2. The van der Waals surface area contributed by atoms with Crippen molar-refractivity contribution >= 4 is 0 Å². The number of fused-ring (bicyclic) bond motifs is 1. The Morgan fingerprint density at radius 2 is 1.57 bits per heavy atom. The number of nitrogens with zero attached hydrogens (tertiary/aromatic N) is 1. The molecule has 2 aromatic rings. The van der Waals surface area contributed by atoms with Crippen molar-refractivity contribution < 1.29 is 9.47 Å². The molecule has 0 saturated carbocycles. The predicted octanol–water partition coefficient (Wildman–Crippen LogP) is 3.26. The van der Waals surface area contributed by atoms with Gasteiger partial charge >= 0.3 is 0 Å². The average Bonchev–Trinajstić information content (AvgIpc) is 2.94. The maximum atomic E-state index is 9.81. The molecule has 3 heteroatoms. The van der Waals surface area contributed by atoms with E-state index in [0.29, 0.717) is 11.5 Å². The van der Waals surface area contributed by atoms with E-state index in [4.69, 9.17) is 9.47 Å². The first-order chi connectivity index (χ1) is 10.2. The molecule has 21 heavy (non-hydrogen) atoms. The van der Waals surface area contributed by atoms with Crippen LogP contribution in [-0.2, 0) is 18.3 Å². The first kappa shape index (κ1) is 13.5. The summed E-state index contributed by atoms with van der Waals surface area (Å²) >= 11 is 0. The van der Waals surface area contributed by atoms with Gasteiger partial charge in [0.2, 0.25) is 0 Å². The third-order valence-corrected chi connectivity index (χ3v) is 4.25. The summed E-state index contributed by atoms with van der Waals surface area (Å²) in [6.07, 6.45) is 1.49. The van der Waals surface area contributed by atoms with Gasteiger partial charge in [-0.2, -0.15) is 5.26 Å². The normalized spacial score (nSPS) is 15.1. The molecule has 0 amide bonds. The number of hydrogen-bond acceptors (Lipinski definition) is 3. The third-order valence-electron chi connectivity index (χ3n) is 4.25. The highest BCUT2D eigenvalue weighted by molar-refractivity contribution is 5.51. The number of rotatable bonds is 3. The van der Waals surface area contributed by atoms with Crippen LogP contribution in [0.25, 0.3) is 0 Å². The van der Waals surface area contributed by atoms with E-state index in [2.05, 4.69) is 18.2 Å². The summed E-state index contributed by atoms with van der Waals surface area (Å²) in [4.78, 5) is 0. The molecule has 0 radical (unpaired) electrons. The van der Waals surface area contributed by atoms with Gasteiger partial charge in [-0.25, -0.2) is 0 Å². The summed E-state index contributed by atoms with van der Waals surface area (Å²) in [6.45, 7) is 0. The fourth-order valence-corrected chi connectivity index (χ4v) is 3.10. The Balaban J connectivity index is 2.05. The summed E-state index contributed by atoms with van der Waals surface area (Å²) in [5.41, 5.74) is 2.99. The second-order valence-electron chi connectivity index (χ2n) is 5.39. The van der Waals surface area contributed by atoms with E-state index < -0.39 is 5.41 Å². The van der Waals surface area contributed by atoms with Gasteiger partial charge in [-0.15, -0.1) is 0 Å². The average molecular weight is 279 g/mol.